The quantitative estimate of drug-likeness (QED) is 0.399. The molecule has 0 unspecified atom stereocenters. The van der Waals surface area contributed by atoms with Crippen molar-refractivity contribution < 1.29 is 4.79 Å². The Morgan fingerprint density at radius 3 is 2.72 bits per heavy atom. The van der Waals surface area contributed by atoms with E-state index in [9.17, 15) is 15.3 Å². The number of pyridine rings is 1. The zero-order valence-corrected chi connectivity index (χ0v) is 21.0. The van der Waals surface area contributed by atoms with E-state index in [-0.39, 0.29) is 5.91 Å². The van der Waals surface area contributed by atoms with E-state index in [1.807, 2.05) is 46.2 Å². The first-order valence-electron chi connectivity index (χ1n) is 11.8. The van der Waals surface area contributed by atoms with Crippen LogP contribution < -0.4 is 0 Å². The number of fused-ring (bicyclic) bond motifs is 1. The highest BCUT2D eigenvalue weighted by Gasteiger charge is 2.23. The zero-order valence-electron chi connectivity index (χ0n) is 20.2. The Balaban J connectivity index is 1.51. The lowest BCUT2D eigenvalue weighted by Crippen LogP contribution is -2.40. The number of likely N-dealkylation sites (tertiary alicyclic amines) is 1. The van der Waals surface area contributed by atoms with Crippen molar-refractivity contribution in [2.24, 2.45) is 5.92 Å². The monoisotopic (exact) mass is 495 g/mol. The highest BCUT2D eigenvalue weighted by atomic mass is 32.2. The molecule has 36 heavy (non-hydrogen) atoms. The van der Waals surface area contributed by atoms with E-state index in [0.29, 0.717) is 17.0 Å². The van der Waals surface area contributed by atoms with Gasteiger partial charge in [-0.25, -0.2) is 4.52 Å². The largest absolute Gasteiger partial charge is 0.343 e. The van der Waals surface area contributed by atoms with Crippen molar-refractivity contribution in [3.63, 3.8) is 0 Å². The molecular formula is C27H25N7OS. The number of carbonyl (C=O) groups excluding carboxylic acids is 1. The van der Waals surface area contributed by atoms with Gasteiger partial charge in [0.05, 0.1) is 29.0 Å². The molecule has 1 aliphatic rings. The van der Waals surface area contributed by atoms with E-state index in [0.717, 1.165) is 64.6 Å². The molecule has 9 heteroatoms. The molecule has 4 aromatic rings. The minimum absolute atomic E-state index is 0.129. The molecule has 1 fully saturated rings. The zero-order chi connectivity index (χ0) is 25.2. The minimum Gasteiger partial charge on any atom is -0.343 e. The second-order valence-corrected chi connectivity index (χ2v) is 10.1. The van der Waals surface area contributed by atoms with Crippen molar-refractivity contribution in [3.8, 4) is 23.3 Å². The van der Waals surface area contributed by atoms with Gasteiger partial charge in [0, 0.05) is 59.4 Å². The molecule has 1 aromatic carbocycles. The van der Waals surface area contributed by atoms with Crippen LogP contribution in [0.4, 0.5) is 0 Å². The Morgan fingerprint density at radius 2 is 1.94 bits per heavy atom. The SMILES string of the molecule is CC(=O)N1CCC[C@@H](Cn2ncc(-c3cc(Sc4ccccc4C#N)c4c(C#N)cnn4c3)c2C)C1. The van der Waals surface area contributed by atoms with Crippen LogP contribution in [0.5, 0.6) is 0 Å². The number of aromatic nitrogens is 4. The molecule has 0 radical (unpaired) electrons. The van der Waals surface area contributed by atoms with Crippen LogP contribution in [0.1, 0.15) is 36.6 Å². The van der Waals surface area contributed by atoms with E-state index < -0.39 is 0 Å². The lowest BCUT2D eigenvalue weighted by atomic mass is 9.98. The van der Waals surface area contributed by atoms with Crippen molar-refractivity contribution in [1.29, 1.82) is 10.5 Å². The third-order valence-electron chi connectivity index (χ3n) is 6.73. The highest BCUT2D eigenvalue weighted by molar-refractivity contribution is 7.99. The van der Waals surface area contributed by atoms with Gasteiger partial charge in [0.15, 0.2) is 0 Å². The summed E-state index contributed by atoms with van der Waals surface area (Å²) in [5.74, 6) is 0.499. The summed E-state index contributed by atoms with van der Waals surface area (Å²) in [6.45, 7) is 6.04. The summed E-state index contributed by atoms with van der Waals surface area (Å²) in [4.78, 5) is 15.4. The van der Waals surface area contributed by atoms with Gasteiger partial charge in [0.1, 0.15) is 12.1 Å². The van der Waals surface area contributed by atoms with Gasteiger partial charge in [-0.1, -0.05) is 23.9 Å². The molecule has 4 heterocycles. The fourth-order valence-corrected chi connectivity index (χ4v) is 5.91. The van der Waals surface area contributed by atoms with E-state index in [1.54, 1.807) is 23.7 Å². The molecule has 0 aliphatic carbocycles. The standard InChI is InChI=1S/C27H25N7OS/c1-18-24(14-31-33(18)16-20-6-5-9-32(15-20)19(2)35)22-10-26(27-23(12-29)13-30-34(27)17-22)36-25-8-4-3-7-21(25)11-28/h3-4,7-8,10,13-14,17,20H,5-6,9,15-16H2,1-2H3/t20-/m1/s1. The van der Waals surface area contributed by atoms with Gasteiger partial charge < -0.3 is 4.90 Å². The van der Waals surface area contributed by atoms with E-state index >= 15 is 0 Å². The lowest BCUT2D eigenvalue weighted by molar-refractivity contribution is -0.130. The molecule has 5 rings (SSSR count). The van der Waals surface area contributed by atoms with Crippen molar-refractivity contribution in [1.82, 2.24) is 24.3 Å². The number of nitriles is 2. The van der Waals surface area contributed by atoms with Crippen molar-refractivity contribution in [3.05, 3.63) is 65.7 Å². The smallest absolute Gasteiger partial charge is 0.219 e. The highest BCUT2D eigenvalue weighted by Crippen LogP contribution is 2.37. The average molecular weight is 496 g/mol. The number of rotatable bonds is 5. The first-order valence-corrected chi connectivity index (χ1v) is 12.7. The van der Waals surface area contributed by atoms with Gasteiger partial charge in [-0.15, -0.1) is 0 Å². The molecule has 0 spiro atoms. The Kier molecular flexibility index (Phi) is 6.49. The Hall–Kier alpha value is -4.08. The maximum Gasteiger partial charge on any atom is 0.219 e. The maximum atomic E-state index is 11.8. The fraction of sp³-hybridized carbons (Fsp3) is 0.296. The van der Waals surface area contributed by atoms with Gasteiger partial charge in [-0.3, -0.25) is 9.48 Å². The predicted molar refractivity (Wildman–Crippen MR) is 136 cm³/mol. The summed E-state index contributed by atoms with van der Waals surface area (Å²) in [6.07, 6.45) is 7.45. The van der Waals surface area contributed by atoms with Crippen LogP contribution in [-0.4, -0.2) is 43.3 Å². The van der Waals surface area contributed by atoms with Gasteiger partial charge in [-0.2, -0.15) is 20.7 Å². The molecule has 8 nitrogen and oxygen atoms in total. The normalized spacial score (nSPS) is 15.6. The molecule has 1 saturated heterocycles. The van der Waals surface area contributed by atoms with Crippen LogP contribution in [0.2, 0.25) is 0 Å². The van der Waals surface area contributed by atoms with Crippen LogP contribution in [0.3, 0.4) is 0 Å². The summed E-state index contributed by atoms with van der Waals surface area (Å²) in [7, 11) is 0. The molecule has 1 aliphatic heterocycles. The number of hydrogen-bond donors (Lipinski definition) is 0. The molecule has 0 bridgehead atoms. The van der Waals surface area contributed by atoms with Gasteiger partial charge in [0.25, 0.3) is 0 Å². The molecule has 1 amide bonds. The molecule has 3 aromatic heterocycles. The minimum atomic E-state index is 0.129. The van der Waals surface area contributed by atoms with E-state index in [1.165, 1.54) is 11.8 Å². The molecule has 0 N–H and O–H groups in total. The molecule has 0 saturated carbocycles. The van der Waals surface area contributed by atoms with Gasteiger partial charge in [0.2, 0.25) is 5.91 Å². The Morgan fingerprint density at radius 1 is 1.14 bits per heavy atom. The first-order chi connectivity index (χ1) is 17.5. The van der Waals surface area contributed by atoms with Gasteiger partial charge >= 0.3 is 0 Å². The van der Waals surface area contributed by atoms with Crippen molar-refractivity contribution >= 4 is 23.2 Å². The number of benzene rings is 1. The summed E-state index contributed by atoms with van der Waals surface area (Å²) in [5.41, 5.74) is 4.75. The first kappa shape index (κ1) is 23.7. The number of hydrogen-bond acceptors (Lipinski definition) is 6. The van der Waals surface area contributed by atoms with Crippen molar-refractivity contribution in [2.45, 2.75) is 43.0 Å². The van der Waals surface area contributed by atoms with E-state index in [4.69, 9.17) is 0 Å². The fourth-order valence-electron chi connectivity index (χ4n) is 4.82. The Labute approximate surface area is 213 Å². The molecular weight excluding hydrogens is 470 g/mol. The van der Waals surface area contributed by atoms with Crippen LogP contribution in [-0.2, 0) is 11.3 Å². The summed E-state index contributed by atoms with van der Waals surface area (Å²) in [6, 6.07) is 14.0. The van der Waals surface area contributed by atoms with Crippen LogP contribution in [0.25, 0.3) is 16.6 Å². The van der Waals surface area contributed by atoms with Crippen LogP contribution in [0.15, 0.2) is 58.7 Å². The predicted octanol–water partition coefficient (Wildman–Crippen LogP) is 4.66. The molecule has 180 valence electrons. The number of piperidine rings is 1. The van der Waals surface area contributed by atoms with Gasteiger partial charge in [-0.05, 0) is 43.9 Å². The number of nitrogens with zero attached hydrogens (tertiary/aromatic N) is 7. The lowest BCUT2D eigenvalue weighted by Gasteiger charge is -2.32. The number of carbonyl (C=O) groups is 1. The third kappa shape index (κ3) is 4.46. The van der Waals surface area contributed by atoms with E-state index in [2.05, 4.69) is 29.3 Å². The summed E-state index contributed by atoms with van der Waals surface area (Å²) in [5, 5.41) is 28.3. The number of amides is 1. The van der Waals surface area contributed by atoms with Crippen molar-refractivity contribution in [2.75, 3.05) is 13.1 Å². The van der Waals surface area contributed by atoms with Crippen LogP contribution >= 0.6 is 11.8 Å². The third-order valence-corrected chi connectivity index (χ3v) is 7.84. The Bertz CT molecular complexity index is 1540. The molecule has 1 atom stereocenters. The second-order valence-electron chi connectivity index (χ2n) is 9.07. The maximum absolute atomic E-state index is 11.8. The summed E-state index contributed by atoms with van der Waals surface area (Å²) >= 11 is 1.46. The second kappa shape index (κ2) is 9.88. The summed E-state index contributed by atoms with van der Waals surface area (Å²) < 4.78 is 3.75. The van der Waals surface area contributed by atoms with Crippen LogP contribution in [0, 0.1) is 35.5 Å². The average Bonchev–Trinajstić information content (AvgIpc) is 3.47. The topological polar surface area (TPSA) is 103 Å².